The topological polar surface area (TPSA) is 70.6 Å². The molecule has 0 heterocycles. The number of allylic oxidation sites excluding steroid dienone is 4. The molecule has 0 aromatic heterocycles. The van der Waals surface area contributed by atoms with Crippen LogP contribution in [0.2, 0.25) is 0 Å². The maximum absolute atomic E-state index is 13.6. The van der Waals surface area contributed by atoms with Gasteiger partial charge in [-0.25, -0.2) is 18.7 Å². The van der Waals surface area contributed by atoms with Crippen molar-refractivity contribution in [3.63, 3.8) is 0 Å². The largest absolute Gasteiger partial charge is 0.396 e. The standard InChI is InChI=1S/C14H12F3NO.C4H11NO2.C2H6/c1-3-4-5-12(9(2)15)18-14-10(8-19)6-7-11(16)13(14)17;1-5-7-4-2-3-6;1-2/h3-8,18H,2H2,1H3;5-6H,2-4H2,1H3;1-2H3/b4-3+,12-5+;;. The Morgan fingerprint density at radius 3 is 2.43 bits per heavy atom. The molecule has 0 aliphatic rings. The fourth-order valence-corrected chi connectivity index (χ4v) is 1.56. The fraction of sp³-hybridized carbons (Fsp3) is 0.350. The molecule has 0 spiro atoms. The van der Waals surface area contributed by atoms with Crippen LogP contribution < -0.4 is 10.8 Å². The van der Waals surface area contributed by atoms with Gasteiger partial charge in [-0.2, -0.15) is 0 Å². The van der Waals surface area contributed by atoms with Crippen molar-refractivity contribution >= 4 is 12.0 Å². The number of hydrogen-bond acceptors (Lipinski definition) is 5. The zero-order valence-corrected chi connectivity index (χ0v) is 16.7. The third-order valence-corrected chi connectivity index (χ3v) is 2.81. The van der Waals surface area contributed by atoms with Crippen molar-refractivity contribution in [1.82, 2.24) is 5.48 Å². The van der Waals surface area contributed by atoms with Crippen LogP contribution >= 0.6 is 0 Å². The summed E-state index contributed by atoms with van der Waals surface area (Å²) in [5.74, 6) is -3.25. The van der Waals surface area contributed by atoms with Gasteiger partial charge in [-0.05, 0) is 31.6 Å². The zero-order chi connectivity index (χ0) is 21.9. The predicted molar refractivity (Wildman–Crippen MR) is 107 cm³/mol. The first kappa shape index (κ1) is 27.8. The Bertz CT molecular complexity index is 644. The number of rotatable bonds is 9. The van der Waals surface area contributed by atoms with Crippen molar-refractivity contribution in [2.45, 2.75) is 27.2 Å². The third kappa shape index (κ3) is 11.3. The third-order valence-electron chi connectivity index (χ3n) is 2.81. The van der Waals surface area contributed by atoms with E-state index in [-0.39, 0.29) is 17.9 Å². The molecule has 1 rings (SSSR count). The van der Waals surface area contributed by atoms with E-state index in [1.807, 2.05) is 13.8 Å². The number of halogens is 3. The van der Waals surface area contributed by atoms with Crippen LogP contribution in [0, 0.1) is 11.6 Å². The van der Waals surface area contributed by atoms with Gasteiger partial charge in [0.2, 0.25) is 0 Å². The number of aliphatic hydroxyl groups excluding tert-OH is 1. The molecule has 1 aromatic carbocycles. The van der Waals surface area contributed by atoms with E-state index in [1.165, 1.54) is 12.2 Å². The van der Waals surface area contributed by atoms with E-state index < -0.39 is 23.1 Å². The molecule has 0 bridgehead atoms. The molecule has 0 saturated carbocycles. The minimum absolute atomic E-state index is 0.119. The fourth-order valence-electron chi connectivity index (χ4n) is 1.56. The van der Waals surface area contributed by atoms with Gasteiger partial charge >= 0.3 is 0 Å². The van der Waals surface area contributed by atoms with Crippen molar-refractivity contribution in [3.05, 3.63) is 65.7 Å². The van der Waals surface area contributed by atoms with Gasteiger partial charge in [-0.15, -0.1) is 0 Å². The molecule has 0 amide bonds. The van der Waals surface area contributed by atoms with Crippen LogP contribution in [0.1, 0.15) is 37.6 Å². The van der Waals surface area contributed by atoms with Gasteiger partial charge in [-0.3, -0.25) is 4.79 Å². The smallest absolute Gasteiger partial charge is 0.182 e. The summed E-state index contributed by atoms with van der Waals surface area (Å²) in [4.78, 5) is 15.4. The minimum Gasteiger partial charge on any atom is -0.396 e. The Labute approximate surface area is 164 Å². The van der Waals surface area contributed by atoms with E-state index >= 15 is 0 Å². The lowest BCUT2D eigenvalue weighted by Crippen LogP contribution is -2.08. The summed E-state index contributed by atoms with van der Waals surface area (Å²) in [6, 6.07) is 1.92. The van der Waals surface area contributed by atoms with Crippen molar-refractivity contribution in [1.29, 1.82) is 0 Å². The molecule has 28 heavy (non-hydrogen) atoms. The molecule has 8 heteroatoms. The maximum atomic E-state index is 13.6. The van der Waals surface area contributed by atoms with Gasteiger partial charge < -0.3 is 15.3 Å². The molecule has 0 atom stereocenters. The molecule has 3 N–H and O–H groups in total. The number of anilines is 1. The Morgan fingerprint density at radius 1 is 1.32 bits per heavy atom. The molecule has 0 aliphatic heterocycles. The first-order valence-corrected chi connectivity index (χ1v) is 8.70. The first-order valence-electron chi connectivity index (χ1n) is 8.70. The van der Waals surface area contributed by atoms with E-state index in [0.717, 1.165) is 12.1 Å². The van der Waals surface area contributed by atoms with Crippen LogP contribution in [0.3, 0.4) is 0 Å². The first-order chi connectivity index (χ1) is 13.4. The Morgan fingerprint density at radius 2 is 1.96 bits per heavy atom. The maximum Gasteiger partial charge on any atom is 0.182 e. The second kappa shape index (κ2) is 18.0. The summed E-state index contributed by atoms with van der Waals surface area (Å²) < 4.78 is 39.9. The summed E-state index contributed by atoms with van der Waals surface area (Å²) in [7, 11) is 1.69. The highest BCUT2D eigenvalue weighted by Crippen LogP contribution is 2.24. The van der Waals surface area contributed by atoms with Crippen LogP contribution in [0.5, 0.6) is 0 Å². The molecular weight excluding hydrogens is 373 g/mol. The second-order valence-electron chi connectivity index (χ2n) is 4.71. The van der Waals surface area contributed by atoms with Crippen LogP contribution in [0.25, 0.3) is 0 Å². The summed E-state index contributed by atoms with van der Waals surface area (Å²) in [5, 5.41) is 10.5. The summed E-state index contributed by atoms with van der Waals surface area (Å²) in [6.45, 7) is 9.55. The molecule has 0 fully saturated rings. The van der Waals surface area contributed by atoms with Gasteiger partial charge in [0.25, 0.3) is 0 Å². The van der Waals surface area contributed by atoms with Gasteiger partial charge in [0.15, 0.2) is 17.9 Å². The molecule has 0 saturated heterocycles. The highest BCUT2D eigenvalue weighted by molar-refractivity contribution is 5.85. The molecular formula is C20H29F3N2O3. The van der Waals surface area contributed by atoms with Crippen LogP contribution in [0.4, 0.5) is 18.9 Å². The SMILES string of the molecule is C=C(F)/C(=C\C=C\C)Nc1c(C=O)ccc(F)c1F.CC.CNOCCCO. The van der Waals surface area contributed by atoms with Crippen LogP contribution in [-0.4, -0.2) is 31.7 Å². The predicted octanol–water partition coefficient (Wildman–Crippen LogP) is 4.68. The number of aldehydes is 1. The number of hydrogen-bond donors (Lipinski definition) is 3. The number of carbonyl (C=O) groups is 1. The quantitative estimate of drug-likeness (QED) is 0.242. The number of hydroxylamine groups is 1. The molecule has 0 aliphatic carbocycles. The number of benzene rings is 1. The monoisotopic (exact) mass is 402 g/mol. The molecule has 1 aromatic rings. The van der Waals surface area contributed by atoms with Crippen molar-refractivity contribution < 1.29 is 27.9 Å². The number of nitrogens with one attached hydrogen (secondary N) is 2. The molecule has 0 radical (unpaired) electrons. The minimum atomic E-state index is -1.25. The average Bonchev–Trinajstić information content (AvgIpc) is 2.70. The zero-order valence-electron chi connectivity index (χ0n) is 16.7. The van der Waals surface area contributed by atoms with E-state index in [0.29, 0.717) is 19.3 Å². The number of carbonyl (C=O) groups excluding carboxylic acids is 1. The average molecular weight is 402 g/mol. The van der Waals surface area contributed by atoms with Crippen molar-refractivity contribution in [3.8, 4) is 0 Å². The molecule has 0 unspecified atom stereocenters. The highest BCUT2D eigenvalue weighted by atomic mass is 19.2. The van der Waals surface area contributed by atoms with E-state index in [9.17, 15) is 18.0 Å². The van der Waals surface area contributed by atoms with E-state index in [4.69, 9.17) is 5.11 Å². The Balaban J connectivity index is 0. The molecule has 5 nitrogen and oxygen atoms in total. The lowest BCUT2D eigenvalue weighted by molar-refractivity contribution is 0.0479. The van der Waals surface area contributed by atoms with Gasteiger partial charge in [0, 0.05) is 19.2 Å². The lowest BCUT2D eigenvalue weighted by atomic mass is 10.1. The van der Waals surface area contributed by atoms with Crippen molar-refractivity contribution in [2.24, 2.45) is 0 Å². The summed E-state index contributed by atoms with van der Waals surface area (Å²) in [6.07, 6.45) is 5.44. The Hall–Kier alpha value is -2.42. The second-order valence-corrected chi connectivity index (χ2v) is 4.71. The Kier molecular flexibility index (Phi) is 17.8. The normalized spacial score (nSPS) is 10.5. The van der Waals surface area contributed by atoms with E-state index in [1.54, 1.807) is 20.0 Å². The number of aliphatic hydroxyl groups is 1. The van der Waals surface area contributed by atoms with Gasteiger partial charge in [-0.1, -0.05) is 32.6 Å². The van der Waals surface area contributed by atoms with Gasteiger partial charge in [0.1, 0.15) is 5.83 Å². The van der Waals surface area contributed by atoms with Crippen LogP contribution in [0.15, 0.2) is 48.5 Å². The van der Waals surface area contributed by atoms with E-state index in [2.05, 4.69) is 22.2 Å². The highest BCUT2D eigenvalue weighted by Gasteiger charge is 2.15. The summed E-state index contributed by atoms with van der Waals surface area (Å²) in [5.41, 5.74) is 1.78. The molecule has 158 valence electrons. The lowest BCUT2D eigenvalue weighted by Gasteiger charge is -2.12. The van der Waals surface area contributed by atoms with Gasteiger partial charge in [0.05, 0.1) is 18.0 Å². The van der Waals surface area contributed by atoms with Crippen molar-refractivity contribution in [2.75, 3.05) is 25.6 Å². The summed E-state index contributed by atoms with van der Waals surface area (Å²) >= 11 is 0. The van der Waals surface area contributed by atoms with Crippen LogP contribution in [-0.2, 0) is 4.84 Å².